The lowest BCUT2D eigenvalue weighted by Crippen LogP contribution is -2.30. The quantitative estimate of drug-likeness (QED) is 0.599. The summed E-state index contributed by atoms with van der Waals surface area (Å²) in [5, 5.41) is 6.56. The van der Waals surface area contributed by atoms with Crippen molar-refractivity contribution >= 4 is 39.8 Å². The highest BCUT2D eigenvalue weighted by Crippen LogP contribution is 2.35. The summed E-state index contributed by atoms with van der Waals surface area (Å²) in [6.07, 6.45) is 0.926. The van der Waals surface area contributed by atoms with Crippen molar-refractivity contribution in [2.45, 2.75) is 25.8 Å². The first-order valence-corrected chi connectivity index (χ1v) is 8.62. The highest BCUT2D eigenvalue weighted by atomic mass is 35.5. The summed E-state index contributed by atoms with van der Waals surface area (Å²) in [6.45, 7) is 4.32. The van der Waals surface area contributed by atoms with E-state index in [1.165, 1.54) is 5.56 Å². The van der Waals surface area contributed by atoms with E-state index in [0.29, 0.717) is 15.6 Å². The summed E-state index contributed by atoms with van der Waals surface area (Å²) in [5.74, 6) is 0. The lowest BCUT2D eigenvalue weighted by atomic mass is 9.85. The van der Waals surface area contributed by atoms with Gasteiger partial charge in [0.25, 0.3) is 0 Å². The second kappa shape index (κ2) is 5.33. The first-order valence-electron chi connectivity index (χ1n) is 7.86. The summed E-state index contributed by atoms with van der Waals surface area (Å²) in [5.41, 5.74) is 4.96. The third-order valence-electron chi connectivity index (χ3n) is 4.43. The second-order valence-corrected chi connectivity index (χ2v) is 7.62. The molecule has 0 atom stereocenters. The predicted molar refractivity (Wildman–Crippen MR) is 101 cm³/mol. The van der Waals surface area contributed by atoms with Gasteiger partial charge in [0, 0.05) is 18.0 Å². The lowest BCUT2D eigenvalue weighted by Gasteiger charge is -2.29. The molecule has 0 N–H and O–H groups in total. The molecule has 4 rings (SSSR count). The van der Waals surface area contributed by atoms with Gasteiger partial charge in [-0.3, -0.25) is 9.67 Å². The van der Waals surface area contributed by atoms with E-state index in [2.05, 4.69) is 43.2 Å². The molecule has 0 radical (unpaired) electrons. The fourth-order valence-corrected chi connectivity index (χ4v) is 3.79. The van der Waals surface area contributed by atoms with E-state index in [9.17, 15) is 0 Å². The van der Waals surface area contributed by atoms with Gasteiger partial charge in [0.15, 0.2) is 0 Å². The van der Waals surface area contributed by atoms with Crippen molar-refractivity contribution in [2.75, 3.05) is 0 Å². The van der Waals surface area contributed by atoms with E-state index in [1.807, 2.05) is 23.9 Å². The molecule has 0 bridgehead atoms. The SMILES string of the molecule is Cn1nc2c(Cl)c(Cl)ccc2c1C1=NC(C)(C)Cc2ccccc21. The molecule has 122 valence electrons. The molecule has 3 aromatic rings. The van der Waals surface area contributed by atoms with Crippen LogP contribution in [0.5, 0.6) is 0 Å². The van der Waals surface area contributed by atoms with Gasteiger partial charge in [0.1, 0.15) is 5.52 Å². The van der Waals surface area contributed by atoms with Gasteiger partial charge in [-0.15, -0.1) is 0 Å². The molecule has 0 amide bonds. The van der Waals surface area contributed by atoms with Crippen LogP contribution in [0.15, 0.2) is 41.4 Å². The van der Waals surface area contributed by atoms with Gasteiger partial charge in [0.2, 0.25) is 0 Å². The Morgan fingerprint density at radius 3 is 2.62 bits per heavy atom. The maximum atomic E-state index is 6.36. The van der Waals surface area contributed by atoms with Crippen LogP contribution in [-0.2, 0) is 13.5 Å². The number of fused-ring (bicyclic) bond motifs is 2. The normalized spacial score (nSPS) is 16.1. The molecule has 0 aliphatic carbocycles. The first-order chi connectivity index (χ1) is 11.4. The summed E-state index contributed by atoms with van der Waals surface area (Å²) in [6, 6.07) is 12.2. The van der Waals surface area contributed by atoms with Gasteiger partial charge in [-0.05, 0) is 38.0 Å². The number of benzene rings is 2. The zero-order chi connectivity index (χ0) is 17.1. The van der Waals surface area contributed by atoms with Crippen LogP contribution in [0.25, 0.3) is 10.9 Å². The molecule has 0 unspecified atom stereocenters. The van der Waals surface area contributed by atoms with Crippen LogP contribution in [0.2, 0.25) is 10.0 Å². The van der Waals surface area contributed by atoms with Gasteiger partial charge in [0.05, 0.1) is 27.0 Å². The van der Waals surface area contributed by atoms with Gasteiger partial charge in [-0.25, -0.2) is 0 Å². The summed E-state index contributed by atoms with van der Waals surface area (Å²) >= 11 is 12.5. The Morgan fingerprint density at radius 2 is 1.83 bits per heavy atom. The van der Waals surface area contributed by atoms with Crippen LogP contribution < -0.4 is 0 Å². The van der Waals surface area contributed by atoms with E-state index in [1.54, 1.807) is 0 Å². The summed E-state index contributed by atoms with van der Waals surface area (Å²) in [4.78, 5) is 5.04. The average Bonchev–Trinajstić information content (AvgIpc) is 2.86. The molecule has 1 aromatic heterocycles. The van der Waals surface area contributed by atoms with Crippen molar-refractivity contribution in [3.8, 4) is 0 Å². The molecule has 5 heteroatoms. The number of nitrogens with zero attached hydrogens (tertiary/aromatic N) is 3. The molecule has 24 heavy (non-hydrogen) atoms. The van der Waals surface area contributed by atoms with Crippen molar-refractivity contribution in [1.82, 2.24) is 9.78 Å². The van der Waals surface area contributed by atoms with Crippen molar-refractivity contribution in [3.05, 3.63) is 63.3 Å². The number of aryl methyl sites for hydroxylation is 1. The van der Waals surface area contributed by atoms with E-state index in [0.717, 1.165) is 28.8 Å². The van der Waals surface area contributed by atoms with Gasteiger partial charge in [-0.1, -0.05) is 47.5 Å². The Morgan fingerprint density at radius 1 is 1.08 bits per heavy atom. The fourth-order valence-electron chi connectivity index (χ4n) is 3.44. The van der Waals surface area contributed by atoms with Crippen molar-refractivity contribution in [2.24, 2.45) is 12.0 Å². The minimum atomic E-state index is -0.156. The second-order valence-electron chi connectivity index (χ2n) is 6.84. The van der Waals surface area contributed by atoms with Crippen LogP contribution in [0.3, 0.4) is 0 Å². The third kappa shape index (κ3) is 2.35. The number of aliphatic imine (C=N–C) groups is 1. The highest BCUT2D eigenvalue weighted by Gasteiger charge is 2.30. The maximum absolute atomic E-state index is 6.36. The third-order valence-corrected chi connectivity index (χ3v) is 5.23. The fraction of sp³-hybridized carbons (Fsp3) is 0.263. The Labute approximate surface area is 150 Å². The maximum Gasteiger partial charge on any atom is 0.113 e. The van der Waals surface area contributed by atoms with Crippen LogP contribution in [0.4, 0.5) is 0 Å². The predicted octanol–water partition coefficient (Wildman–Crippen LogP) is 5.05. The summed E-state index contributed by atoms with van der Waals surface area (Å²) < 4.78 is 1.85. The molecule has 2 heterocycles. The van der Waals surface area contributed by atoms with Crippen LogP contribution in [0, 0.1) is 0 Å². The molecule has 2 aromatic carbocycles. The Kier molecular flexibility index (Phi) is 3.48. The average molecular weight is 358 g/mol. The van der Waals surface area contributed by atoms with E-state index < -0.39 is 0 Å². The zero-order valence-electron chi connectivity index (χ0n) is 13.8. The van der Waals surface area contributed by atoms with E-state index in [4.69, 9.17) is 28.2 Å². The van der Waals surface area contributed by atoms with Crippen molar-refractivity contribution < 1.29 is 0 Å². The minimum Gasteiger partial charge on any atom is -0.276 e. The summed E-state index contributed by atoms with van der Waals surface area (Å²) in [7, 11) is 1.92. The number of hydrogen-bond donors (Lipinski definition) is 0. The topological polar surface area (TPSA) is 30.2 Å². The Hall–Kier alpha value is -1.84. The number of halogens is 2. The van der Waals surface area contributed by atoms with Crippen LogP contribution in [0.1, 0.15) is 30.7 Å². The Balaban J connectivity index is 2.05. The standard InChI is InChI=1S/C19H17Cl2N3/c1-19(2)10-11-6-4-5-7-12(11)17(22-19)18-13-8-9-14(20)15(21)16(13)23-24(18)3/h4-9H,10H2,1-3H3. The number of hydrogen-bond acceptors (Lipinski definition) is 2. The monoisotopic (exact) mass is 357 g/mol. The van der Waals surface area contributed by atoms with Gasteiger partial charge >= 0.3 is 0 Å². The van der Waals surface area contributed by atoms with Crippen LogP contribution >= 0.6 is 23.2 Å². The molecule has 0 spiro atoms. The van der Waals surface area contributed by atoms with Crippen molar-refractivity contribution in [3.63, 3.8) is 0 Å². The molecule has 1 aliphatic rings. The lowest BCUT2D eigenvalue weighted by molar-refractivity contribution is 0.512. The number of aromatic nitrogens is 2. The molecular weight excluding hydrogens is 341 g/mol. The van der Waals surface area contributed by atoms with Crippen molar-refractivity contribution in [1.29, 1.82) is 0 Å². The molecule has 0 saturated heterocycles. The first kappa shape index (κ1) is 15.7. The molecular formula is C19H17Cl2N3. The largest absolute Gasteiger partial charge is 0.276 e. The van der Waals surface area contributed by atoms with Gasteiger partial charge < -0.3 is 0 Å². The van der Waals surface area contributed by atoms with Crippen LogP contribution in [-0.4, -0.2) is 21.0 Å². The molecule has 0 fully saturated rings. The number of rotatable bonds is 1. The molecule has 3 nitrogen and oxygen atoms in total. The van der Waals surface area contributed by atoms with E-state index in [-0.39, 0.29) is 5.54 Å². The minimum absolute atomic E-state index is 0.156. The zero-order valence-corrected chi connectivity index (χ0v) is 15.3. The molecule has 0 saturated carbocycles. The Bertz CT molecular complexity index is 999. The molecule has 1 aliphatic heterocycles. The van der Waals surface area contributed by atoms with Gasteiger partial charge in [-0.2, -0.15) is 5.10 Å². The smallest absolute Gasteiger partial charge is 0.113 e. The highest BCUT2D eigenvalue weighted by molar-refractivity contribution is 6.45. The van der Waals surface area contributed by atoms with E-state index >= 15 is 0 Å².